The van der Waals surface area contributed by atoms with Crippen molar-refractivity contribution in [3.63, 3.8) is 0 Å². The Bertz CT molecular complexity index is 1370. The SMILES string of the molecule is COCc1nnc2c3ccc(Cl)cc3nc(N3CCN(C(=O)c4ccccc4OC)C(C)C3)n12. The van der Waals surface area contributed by atoms with Crippen molar-refractivity contribution in [1.29, 1.82) is 0 Å². The third-order valence-corrected chi connectivity index (χ3v) is 6.37. The number of aromatic nitrogens is 4. The first-order valence-corrected chi connectivity index (χ1v) is 11.4. The predicted molar refractivity (Wildman–Crippen MR) is 130 cm³/mol. The Morgan fingerprint density at radius 3 is 2.74 bits per heavy atom. The fourth-order valence-corrected chi connectivity index (χ4v) is 4.66. The van der Waals surface area contributed by atoms with Gasteiger partial charge < -0.3 is 19.3 Å². The van der Waals surface area contributed by atoms with Gasteiger partial charge in [0.1, 0.15) is 12.4 Å². The number of para-hydroxylation sites is 1. The van der Waals surface area contributed by atoms with Gasteiger partial charge >= 0.3 is 0 Å². The molecule has 0 N–H and O–H groups in total. The van der Waals surface area contributed by atoms with Gasteiger partial charge in [0.05, 0.1) is 18.2 Å². The smallest absolute Gasteiger partial charge is 0.257 e. The summed E-state index contributed by atoms with van der Waals surface area (Å²) < 4.78 is 12.7. The number of nitrogens with zero attached hydrogens (tertiary/aromatic N) is 6. The van der Waals surface area contributed by atoms with E-state index in [1.54, 1.807) is 26.4 Å². The Balaban J connectivity index is 1.51. The number of fused-ring (bicyclic) bond motifs is 3. The third-order valence-electron chi connectivity index (χ3n) is 6.13. The largest absolute Gasteiger partial charge is 0.496 e. The van der Waals surface area contributed by atoms with E-state index in [0.717, 1.165) is 10.9 Å². The van der Waals surface area contributed by atoms with Crippen LogP contribution in [0.3, 0.4) is 0 Å². The molecule has 10 heteroatoms. The van der Waals surface area contributed by atoms with Crippen LogP contribution < -0.4 is 9.64 Å². The Kier molecular flexibility index (Phi) is 5.97. The molecule has 2 aromatic heterocycles. The molecule has 3 heterocycles. The number of halogens is 1. The molecular formula is C24H25ClN6O3. The number of carbonyl (C=O) groups excluding carboxylic acids is 1. The van der Waals surface area contributed by atoms with Gasteiger partial charge in [-0.2, -0.15) is 0 Å². The predicted octanol–water partition coefficient (Wildman–Crippen LogP) is 3.44. The number of amides is 1. The molecule has 5 rings (SSSR count). The van der Waals surface area contributed by atoms with Crippen molar-refractivity contribution in [1.82, 2.24) is 24.5 Å². The first kappa shape index (κ1) is 22.4. The Morgan fingerprint density at radius 1 is 1.15 bits per heavy atom. The van der Waals surface area contributed by atoms with Crippen molar-refractivity contribution in [3.8, 4) is 5.75 Å². The molecule has 1 aliphatic rings. The molecule has 1 atom stereocenters. The van der Waals surface area contributed by atoms with Gasteiger partial charge in [0.2, 0.25) is 5.95 Å². The van der Waals surface area contributed by atoms with Crippen molar-refractivity contribution in [2.24, 2.45) is 0 Å². The second kappa shape index (κ2) is 9.08. The highest BCUT2D eigenvalue weighted by molar-refractivity contribution is 6.31. The Labute approximate surface area is 201 Å². The van der Waals surface area contributed by atoms with Gasteiger partial charge in [0.25, 0.3) is 5.91 Å². The third kappa shape index (κ3) is 3.80. The molecule has 4 aromatic rings. The van der Waals surface area contributed by atoms with E-state index in [9.17, 15) is 4.79 Å². The number of piperazine rings is 1. The molecule has 176 valence electrons. The van der Waals surface area contributed by atoms with Crippen LogP contribution in [0.25, 0.3) is 16.6 Å². The van der Waals surface area contributed by atoms with Gasteiger partial charge in [0, 0.05) is 43.2 Å². The van der Waals surface area contributed by atoms with Crippen LogP contribution in [-0.2, 0) is 11.3 Å². The highest BCUT2D eigenvalue weighted by atomic mass is 35.5. The summed E-state index contributed by atoms with van der Waals surface area (Å²) in [5, 5.41) is 10.2. The normalized spacial score (nSPS) is 16.4. The quantitative estimate of drug-likeness (QED) is 0.432. The van der Waals surface area contributed by atoms with E-state index in [0.29, 0.717) is 60.0 Å². The number of carbonyl (C=O) groups is 1. The summed E-state index contributed by atoms with van der Waals surface area (Å²) in [7, 11) is 3.20. The standard InChI is InChI=1S/C24H25ClN6O3/c1-15-13-29(10-11-30(15)23(32)18-6-4-5-7-20(18)34-3)24-26-19-12-16(25)8-9-17(19)22-28-27-21(14-33-2)31(22)24/h4-9,12,15H,10-11,13-14H2,1-3H3. The van der Waals surface area contributed by atoms with Gasteiger partial charge in [0.15, 0.2) is 11.5 Å². The monoisotopic (exact) mass is 480 g/mol. The maximum Gasteiger partial charge on any atom is 0.257 e. The lowest BCUT2D eigenvalue weighted by Gasteiger charge is -2.40. The second-order valence-electron chi connectivity index (χ2n) is 8.28. The molecule has 1 fully saturated rings. The molecule has 0 aliphatic carbocycles. The van der Waals surface area contributed by atoms with E-state index in [2.05, 4.69) is 15.1 Å². The van der Waals surface area contributed by atoms with E-state index in [1.807, 2.05) is 46.6 Å². The fraction of sp³-hybridized carbons (Fsp3) is 0.333. The van der Waals surface area contributed by atoms with Crippen molar-refractivity contribution >= 4 is 40.0 Å². The van der Waals surface area contributed by atoms with Crippen LogP contribution >= 0.6 is 11.6 Å². The molecule has 0 spiro atoms. The highest BCUT2D eigenvalue weighted by Crippen LogP contribution is 2.29. The molecule has 2 aromatic carbocycles. The lowest BCUT2D eigenvalue weighted by Crippen LogP contribution is -2.54. The van der Waals surface area contributed by atoms with Crippen LogP contribution in [0.1, 0.15) is 23.1 Å². The van der Waals surface area contributed by atoms with Crippen LogP contribution in [-0.4, -0.2) is 70.3 Å². The number of hydrogen-bond acceptors (Lipinski definition) is 7. The van der Waals surface area contributed by atoms with Gasteiger partial charge in [-0.15, -0.1) is 10.2 Å². The van der Waals surface area contributed by atoms with E-state index >= 15 is 0 Å². The number of rotatable bonds is 5. The van der Waals surface area contributed by atoms with Gasteiger partial charge in [-0.25, -0.2) is 9.38 Å². The summed E-state index contributed by atoms with van der Waals surface area (Å²) in [6.45, 7) is 4.08. The zero-order valence-electron chi connectivity index (χ0n) is 19.2. The summed E-state index contributed by atoms with van der Waals surface area (Å²) in [5.41, 5.74) is 2.00. The molecule has 1 unspecified atom stereocenters. The second-order valence-corrected chi connectivity index (χ2v) is 8.71. The molecule has 0 saturated carbocycles. The van der Waals surface area contributed by atoms with Crippen molar-refractivity contribution < 1.29 is 14.3 Å². The fourth-order valence-electron chi connectivity index (χ4n) is 4.50. The summed E-state index contributed by atoms with van der Waals surface area (Å²) in [4.78, 5) is 22.3. The Morgan fingerprint density at radius 2 is 1.97 bits per heavy atom. The molecular weight excluding hydrogens is 456 g/mol. The maximum absolute atomic E-state index is 13.3. The molecule has 9 nitrogen and oxygen atoms in total. The van der Waals surface area contributed by atoms with Crippen LogP contribution in [0, 0.1) is 0 Å². The molecule has 0 radical (unpaired) electrons. The summed E-state index contributed by atoms with van der Waals surface area (Å²) in [6, 6.07) is 12.8. The lowest BCUT2D eigenvalue weighted by atomic mass is 10.1. The highest BCUT2D eigenvalue weighted by Gasteiger charge is 2.31. The van der Waals surface area contributed by atoms with Gasteiger partial charge in [-0.3, -0.25) is 4.79 Å². The molecule has 0 bridgehead atoms. The molecule has 1 aliphatic heterocycles. The van der Waals surface area contributed by atoms with Crippen molar-refractivity contribution in [2.45, 2.75) is 19.6 Å². The minimum atomic E-state index is -0.0552. The number of benzene rings is 2. The molecule has 34 heavy (non-hydrogen) atoms. The van der Waals surface area contributed by atoms with Crippen LogP contribution in [0.5, 0.6) is 5.75 Å². The van der Waals surface area contributed by atoms with E-state index in [-0.39, 0.29) is 11.9 Å². The summed E-state index contributed by atoms with van der Waals surface area (Å²) in [6.07, 6.45) is 0. The van der Waals surface area contributed by atoms with Crippen LogP contribution in [0.2, 0.25) is 5.02 Å². The minimum Gasteiger partial charge on any atom is -0.496 e. The van der Waals surface area contributed by atoms with Crippen LogP contribution in [0.15, 0.2) is 42.5 Å². The average Bonchev–Trinajstić information content (AvgIpc) is 3.27. The maximum atomic E-state index is 13.3. The minimum absolute atomic E-state index is 0.0441. The molecule has 1 saturated heterocycles. The first-order valence-electron chi connectivity index (χ1n) is 11.0. The number of ether oxygens (including phenoxy) is 2. The van der Waals surface area contributed by atoms with Crippen molar-refractivity contribution in [3.05, 3.63) is 58.9 Å². The zero-order chi connectivity index (χ0) is 23.8. The van der Waals surface area contributed by atoms with E-state index in [1.165, 1.54) is 0 Å². The van der Waals surface area contributed by atoms with E-state index in [4.69, 9.17) is 26.1 Å². The molecule has 1 amide bonds. The van der Waals surface area contributed by atoms with Gasteiger partial charge in [-0.1, -0.05) is 23.7 Å². The van der Waals surface area contributed by atoms with Crippen LogP contribution in [0.4, 0.5) is 5.95 Å². The van der Waals surface area contributed by atoms with E-state index < -0.39 is 0 Å². The summed E-state index contributed by atoms with van der Waals surface area (Å²) in [5.74, 6) is 1.90. The van der Waals surface area contributed by atoms with Crippen molar-refractivity contribution in [2.75, 3.05) is 38.8 Å². The lowest BCUT2D eigenvalue weighted by molar-refractivity contribution is 0.0669. The number of methoxy groups -OCH3 is 2. The topological polar surface area (TPSA) is 85.1 Å². The zero-order valence-corrected chi connectivity index (χ0v) is 20.0. The van der Waals surface area contributed by atoms with Gasteiger partial charge in [-0.05, 0) is 37.3 Å². The number of anilines is 1. The Hall–Kier alpha value is -3.43. The average molecular weight is 481 g/mol. The summed E-state index contributed by atoms with van der Waals surface area (Å²) >= 11 is 6.25. The number of hydrogen-bond donors (Lipinski definition) is 0. The first-order chi connectivity index (χ1) is 16.5.